The molecule has 1 aliphatic carbocycles. The van der Waals surface area contributed by atoms with Gasteiger partial charge in [-0.15, -0.1) is 0 Å². The van der Waals surface area contributed by atoms with E-state index in [0.29, 0.717) is 30.8 Å². The van der Waals surface area contributed by atoms with Gasteiger partial charge >= 0.3 is 0 Å². The summed E-state index contributed by atoms with van der Waals surface area (Å²) in [5, 5.41) is 16.5. The summed E-state index contributed by atoms with van der Waals surface area (Å²) in [6.07, 6.45) is 7.77. The summed E-state index contributed by atoms with van der Waals surface area (Å²) in [4.78, 5) is 4.85. The van der Waals surface area contributed by atoms with Crippen LogP contribution in [-0.4, -0.2) is 45.5 Å². The lowest BCUT2D eigenvalue weighted by atomic mass is 9.73. The number of ether oxygens (including phenoxy) is 1. The predicted octanol–water partition coefficient (Wildman–Crippen LogP) is 5.35. The smallest absolute Gasteiger partial charge is 0.282 e. The van der Waals surface area contributed by atoms with Crippen LogP contribution in [0.1, 0.15) is 67.8 Å². The molecule has 1 saturated carbocycles. The summed E-state index contributed by atoms with van der Waals surface area (Å²) in [5.41, 5.74) is 0.599. The standard InChI is InChI=1S/C30H37FN3O3/c31-26-13-11-22(12-14-26)21-36-27-19-34(17-15-23(27)16-18-34)20-28-32-29(33-37-28)30(35,24-7-3-1-4-8-24)25-9-5-2-6-10-25/h1,3-4,7-8,11-14,23,25,27,35H,2,5-6,9-10,15-21H2/q+1/t23?,27-,30?,34?/m0/s1. The number of nitrogens with zero attached hydrogens (tertiary/aromatic N) is 3. The summed E-state index contributed by atoms with van der Waals surface area (Å²) in [7, 11) is 0. The van der Waals surface area contributed by atoms with Crippen LogP contribution in [-0.2, 0) is 23.5 Å². The average Bonchev–Trinajstić information content (AvgIpc) is 3.42. The van der Waals surface area contributed by atoms with Crippen LogP contribution in [0.3, 0.4) is 0 Å². The van der Waals surface area contributed by atoms with Crippen LogP contribution < -0.4 is 0 Å². The summed E-state index contributed by atoms with van der Waals surface area (Å²) < 4.78 is 26.3. The molecule has 4 aliphatic rings. The molecule has 7 rings (SSSR count). The molecule has 0 radical (unpaired) electrons. The topological polar surface area (TPSA) is 68.4 Å². The van der Waals surface area contributed by atoms with Gasteiger partial charge in [-0.3, -0.25) is 0 Å². The number of aromatic nitrogens is 2. The van der Waals surface area contributed by atoms with Gasteiger partial charge in [0.2, 0.25) is 5.82 Å². The zero-order chi connectivity index (χ0) is 25.3. The maximum atomic E-state index is 13.3. The molecule has 6 nitrogen and oxygen atoms in total. The molecule has 1 N–H and O–H groups in total. The van der Waals surface area contributed by atoms with E-state index in [-0.39, 0.29) is 17.8 Å². The highest BCUT2D eigenvalue weighted by molar-refractivity contribution is 5.30. The van der Waals surface area contributed by atoms with Crippen LogP contribution >= 0.6 is 0 Å². The minimum absolute atomic E-state index is 0.0797. The Bertz CT molecular complexity index is 1170. The third kappa shape index (κ3) is 4.97. The normalized spacial score (nSPS) is 27.7. The van der Waals surface area contributed by atoms with E-state index in [9.17, 15) is 9.50 Å². The number of hydrogen-bond acceptors (Lipinski definition) is 5. The Hall–Kier alpha value is -2.61. The first-order valence-corrected chi connectivity index (χ1v) is 13.9. The molecule has 37 heavy (non-hydrogen) atoms. The lowest BCUT2D eigenvalue weighted by Crippen LogP contribution is -2.63. The van der Waals surface area contributed by atoms with Gasteiger partial charge in [-0.2, -0.15) is 4.98 Å². The van der Waals surface area contributed by atoms with E-state index < -0.39 is 5.60 Å². The summed E-state index contributed by atoms with van der Waals surface area (Å²) in [5.74, 6) is 1.41. The number of aliphatic hydroxyl groups is 1. The highest BCUT2D eigenvalue weighted by Crippen LogP contribution is 2.43. The minimum atomic E-state index is -1.24. The number of piperidine rings is 3. The summed E-state index contributed by atoms with van der Waals surface area (Å²) in [6, 6.07) is 16.4. The fraction of sp³-hybridized carbons (Fsp3) is 0.533. The van der Waals surface area contributed by atoms with E-state index in [1.807, 2.05) is 30.3 Å². The molecule has 3 aromatic rings. The molecule has 1 aromatic heterocycles. The number of halogens is 1. The van der Waals surface area contributed by atoms with Gasteiger partial charge in [0.1, 0.15) is 18.5 Å². The van der Waals surface area contributed by atoms with Gasteiger partial charge in [-0.25, -0.2) is 4.39 Å². The molecule has 4 fully saturated rings. The first-order valence-electron chi connectivity index (χ1n) is 13.9. The predicted molar refractivity (Wildman–Crippen MR) is 137 cm³/mol. The van der Waals surface area contributed by atoms with E-state index in [1.54, 1.807) is 12.1 Å². The van der Waals surface area contributed by atoms with Crippen molar-refractivity contribution in [1.29, 1.82) is 0 Å². The molecule has 2 atom stereocenters. The van der Waals surface area contributed by atoms with Gasteiger partial charge in [0.05, 0.1) is 19.7 Å². The van der Waals surface area contributed by atoms with Crippen LogP contribution in [0, 0.1) is 17.7 Å². The average molecular weight is 507 g/mol. The van der Waals surface area contributed by atoms with E-state index in [0.717, 1.165) is 73.8 Å². The van der Waals surface area contributed by atoms with E-state index in [4.69, 9.17) is 14.2 Å². The van der Waals surface area contributed by atoms with Crippen molar-refractivity contribution in [2.24, 2.45) is 11.8 Å². The summed E-state index contributed by atoms with van der Waals surface area (Å²) in [6.45, 7) is 4.22. The van der Waals surface area contributed by atoms with E-state index >= 15 is 0 Å². The lowest BCUT2D eigenvalue weighted by Gasteiger charge is -2.51. The molecular weight excluding hydrogens is 469 g/mol. The monoisotopic (exact) mass is 506 g/mol. The first-order chi connectivity index (χ1) is 18.0. The molecule has 1 unspecified atom stereocenters. The van der Waals surface area contributed by atoms with Crippen molar-refractivity contribution in [3.8, 4) is 0 Å². The second kappa shape index (κ2) is 10.3. The number of quaternary nitrogens is 1. The van der Waals surface area contributed by atoms with Gasteiger partial charge in [0.25, 0.3) is 5.89 Å². The molecule has 196 valence electrons. The van der Waals surface area contributed by atoms with Crippen molar-refractivity contribution in [3.63, 3.8) is 0 Å². The van der Waals surface area contributed by atoms with Gasteiger partial charge in [0.15, 0.2) is 12.1 Å². The van der Waals surface area contributed by atoms with Crippen LogP contribution in [0.25, 0.3) is 0 Å². The second-order valence-electron chi connectivity index (χ2n) is 11.4. The minimum Gasteiger partial charge on any atom is -0.377 e. The lowest BCUT2D eigenvalue weighted by molar-refractivity contribution is -0.959. The molecule has 0 spiro atoms. The largest absolute Gasteiger partial charge is 0.377 e. The number of hydrogen-bond donors (Lipinski definition) is 1. The second-order valence-corrected chi connectivity index (χ2v) is 11.4. The molecule has 2 aromatic carbocycles. The van der Waals surface area contributed by atoms with Crippen LogP contribution in [0.15, 0.2) is 59.1 Å². The Labute approximate surface area is 218 Å². The zero-order valence-corrected chi connectivity index (χ0v) is 21.4. The molecule has 3 aliphatic heterocycles. The van der Waals surface area contributed by atoms with Crippen molar-refractivity contribution in [2.45, 2.75) is 69.8 Å². The molecule has 4 heterocycles. The molecule has 7 heteroatoms. The molecule has 3 saturated heterocycles. The maximum absolute atomic E-state index is 13.3. The third-order valence-corrected chi connectivity index (χ3v) is 9.11. The van der Waals surface area contributed by atoms with Gasteiger partial charge in [-0.05, 0) is 42.0 Å². The Morgan fingerprint density at radius 2 is 1.70 bits per heavy atom. The molecular formula is C30H37FN3O3+. The van der Waals surface area contributed by atoms with Crippen LogP contribution in [0.4, 0.5) is 4.39 Å². The Morgan fingerprint density at radius 3 is 2.43 bits per heavy atom. The van der Waals surface area contributed by atoms with Crippen LogP contribution in [0.5, 0.6) is 0 Å². The van der Waals surface area contributed by atoms with Crippen LogP contribution in [0.2, 0.25) is 0 Å². The van der Waals surface area contributed by atoms with Crippen molar-refractivity contribution < 1.29 is 23.2 Å². The molecule has 2 bridgehead atoms. The fourth-order valence-corrected chi connectivity index (χ4v) is 6.94. The van der Waals surface area contributed by atoms with Crippen molar-refractivity contribution in [3.05, 3.63) is 83.3 Å². The highest BCUT2D eigenvalue weighted by atomic mass is 19.1. The zero-order valence-electron chi connectivity index (χ0n) is 21.4. The SMILES string of the molecule is OC(c1ccccc1)(c1noc(C[N+]23CCC(CC2)[C@@H](OCc2ccc(F)cc2)C3)n1)C1CCCCC1. The van der Waals surface area contributed by atoms with Gasteiger partial charge < -0.3 is 18.8 Å². The fourth-order valence-electron chi connectivity index (χ4n) is 6.94. The number of rotatable bonds is 8. The van der Waals surface area contributed by atoms with E-state index in [1.165, 1.54) is 18.6 Å². The third-order valence-electron chi connectivity index (χ3n) is 9.11. The van der Waals surface area contributed by atoms with E-state index in [2.05, 4.69) is 5.16 Å². The Kier molecular flexibility index (Phi) is 6.86. The van der Waals surface area contributed by atoms with Gasteiger partial charge in [-0.1, -0.05) is 66.9 Å². The Morgan fingerprint density at radius 1 is 0.973 bits per heavy atom. The number of benzene rings is 2. The van der Waals surface area contributed by atoms with Crippen molar-refractivity contribution >= 4 is 0 Å². The Balaban J connectivity index is 1.19. The van der Waals surface area contributed by atoms with Crippen molar-refractivity contribution in [1.82, 2.24) is 10.1 Å². The first kappa shape index (κ1) is 24.7. The number of fused-ring (bicyclic) bond motifs is 3. The molecule has 0 amide bonds. The quantitative estimate of drug-likeness (QED) is 0.417. The van der Waals surface area contributed by atoms with Gasteiger partial charge in [0, 0.05) is 18.8 Å². The van der Waals surface area contributed by atoms with Crippen molar-refractivity contribution in [2.75, 3.05) is 19.6 Å². The maximum Gasteiger partial charge on any atom is 0.282 e. The highest BCUT2D eigenvalue weighted by Gasteiger charge is 2.49. The summed E-state index contributed by atoms with van der Waals surface area (Å²) >= 11 is 0.